The van der Waals surface area contributed by atoms with Gasteiger partial charge in [-0.05, 0) is 47.5 Å². The lowest BCUT2D eigenvalue weighted by Gasteiger charge is -2.09. The van der Waals surface area contributed by atoms with Crippen molar-refractivity contribution in [3.63, 3.8) is 0 Å². The van der Waals surface area contributed by atoms with E-state index in [-0.39, 0.29) is 5.91 Å². The van der Waals surface area contributed by atoms with Crippen LogP contribution >= 0.6 is 11.6 Å². The van der Waals surface area contributed by atoms with Gasteiger partial charge in [-0.1, -0.05) is 23.7 Å². The van der Waals surface area contributed by atoms with Gasteiger partial charge >= 0.3 is 0 Å². The van der Waals surface area contributed by atoms with E-state index in [1.165, 1.54) is 0 Å². The number of amides is 1. The number of nitrogens with one attached hydrogen (secondary N) is 2. The molecule has 3 rings (SSSR count). The average molecular weight is 353 g/mol. The van der Waals surface area contributed by atoms with Crippen LogP contribution in [0.5, 0.6) is 0 Å². The zero-order valence-electron chi connectivity index (χ0n) is 13.4. The molecule has 5 nitrogen and oxygen atoms in total. The number of aromatic nitrogens is 2. The van der Waals surface area contributed by atoms with Crippen LogP contribution < -0.4 is 10.6 Å². The van der Waals surface area contributed by atoms with E-state index >= 15 is 0 Å². The Bertz CT molecular complexity index is 838. The summed E-state index contributed by atoms with van der Waals surface area (Å²) in [5.74, 6) is -0.220. The second kappa shape index (κ2) is 8.26. The molecule has 1 aromatic carbocycles. The smallest absolute Gasteiger partial charge is 0.270 e. The fourth-order valence-electron chi connectivity index (χ4n) is 2.24. The quantitative estimate of drug-likeness (QED) is 0.710. The summed E-state index contributed by atoms with van der Waals surface area (Å²) in [7, 11) is 0. The first-order chi connectivity index (χ1) is 12.2. The fraction of sp³-hybridized carbons (Fsp3) is 0.105. The molecule has 3 aromatic rings. The molecule has 0 bridgehead atoms. The maximum absolute atomic E-state index is 12.3. The third kappa shape index (κ3) is 5.02. The highest BCUT2D eigenvalue weighted by atomic mass is 35.5. The van der Waals surface area contributed by atoms with Crippen molar-refractivity contribution in [3.8, 4) is 0 Å². The molecule has 0 unspecified atom stereocenters. The van der Waals surface area contributed by atoms with E-state index in [1.54, 1.807) is 36.8 Å². The number of benzene rings is 1. The van der Waals surface area contributed by atoms with Gasteiger partial charge in [0.25, 0.3) is 5.91 Å². The molecule has 2 N–H and O–H groups in total. The molecular weight excluding hydrogens is 336 g/mol. The Balaban J connectivity index is 1.58. The maximum Gasteiger partial charge on any atom is 0.270 e. The van der Waals surface area contributed by atoms with Crippen LogP contribution in [0.25, 0.3) is 0 Å². The number of pyridine rings is 2. The first kappa shape index (κ1) is 16.9. The molecular formula is C19H17ClN4O. The van der Waals surface area contributed by atoms with Gasteiger partial charge in [0.15, 0.2) is 0 Å². The predicted octanol–water partition coefficient (Wildman–Crippen LogP) is 3.67. The second-order valence-electron chi connectivity index (χ2n) is 5.45. The number of carbonyl (C=O) groups is 1. The lowest BCUT2D eigenvalue weighted by Crippen LogP contribution is -2.23. The Morgan fingerprint density at radius 2 is 1.64 bits per heavy atom. The maximum atomic E-state index is 12.3. The largest absolute Gasteiger partial charge is 0.381 e. The van der Waals surface area contributed by atoms with Gasteiger partial charge in [0.05, 0.1) is 0 Å². The van der Waals surface area contributed by atoms with Gasteiger partial charge in [-0.3, -0.25) is 14.8 Å². The molecule has 0 saturated heterocycles. The summed E-state index contributed by atoms with van der Waals surface area (Å²) in [5, 5.41) is 6.80. The van der Waals surface area contributed by atoms with E-state index < -0.39 is 0 Å². The lowest BCUT2D eigenvalue weighted by atomic mass is 10.2. The Hall–Kier alpha value is -2.92. The summed E-state index contributed by atoms with van der Waals surface area (Å²) in [4.78, 5) is 20.4. The van der Waals surface area contributed by atoms with E-state index in [2.05, 4.69) is 20.6 Å². The van der Waals surface area contributed by atoms with E-state index in [0.29, 0.717) is 23.8 Å². The summed E-state index contributed by atoms with van der Waals surface area (Å²) in [6.07, 6.45) is 5.12. The third-order valence-corrected chi connectivity index (χ3v) is 3.86. The minimum absolute atomic E-state index is 0.220. The third-order valence-electron chi connectivity index (χ3n) is 3.60. The van der Waals surface area contributed by atoms with Gasteiger partial charge in [0.1, 0.15) is 5.69 Å². The SMILES string of the molecule is O=C(NCc1ccc(Cl)cc1)c1cc(NCc2ccncc2)ccn1. The highest BCUT2D eigenvalue weighted by molar-refractivity contribution is 6.30. The molecule has 0 spiro atoms. The second-order valence-corrected chi connectivity index (χ2v) is 5.88. The lowest BCUT2D eigenvalue weighted by molar-refractivity contribution is 0.0946. The zero-order chi connectivity index (χ0) is 17.5. The number of anilines is 1. The minimum Gasteiger partial charge on any atom is -0.381 e. The van der Waals surface area contributed by atoms with Gasteiger partial charge in [-0.15, -0.1) is 0 Å². The van der Waals surface area contributed by atoms with Crippen LogP contribution in [0.1, 0.15) is 21.6 Å². The highest BCUT2D eigenvalue weighted by Gasteiger charge is 2.08. The van der Waals surface area contributed by atoms with E-state index in [1.807, 2.05) is 30.3 Å². The molecule has 25 heavy (non-hydrogen) atoms. The van der Waals surface area contributed by atoms with Crippen LogP contribution in [0.4, 0.5) is 5.69 Å². The summed E-state index contributed by atoms with van der Waals surface area (Å²) in [5.41, 5.74) is 3.29. The number of nitrogens with zero attached hydrogens (tertiary/aromatic N) is 2. The van der Waals surface area contributed by atoms with Crippen LogP contribution in [-0.4, -0.2) is 15.9 Å². The van der Waals surface area contributed by atoms with Crippen LogP contribution in [0.2, 0.25) is 5.02 Å². The van der Waals surface area contributed by atoms with E-state index in [4.69, 9.17) is 11.6 Å². The summed E-state index contributed by atoms with van der Waals surface area (Å²) >= 11 is 5.85. The number of rotatable bonds is 6. The molecule has 2 heterocycles. The number of carbonyl (C=O) groups excluding carboxylic acids is 1. The Morgan fingerprint density at radius 1 is 0.920 bits per heavy atom. The van der Waals surface area contributed by atoms with E-state index in [0.717, 1.165) is 16.8 Å². The monoisotopic (exact) mass is 352 g/mol. The summed E-state index contributed by atoms with van der Waals surface area (Å²) in [6, 6.07) is 14.8. The molecule has 0 atom stereocenters. The van der Waals surface area contributed by atoms with Crippen LogP contribution in [-0.2, 0) is 13.1 Å². The summed E-state index contributed by atoms with van der Waals surface area (Å²) in [6.45, 7) is 1.07. The Labute approximate surface area is 151 Å². The van der Waals surface area contributed by atoms with Crippen molar-refractivity contribution in [3.05, 3.63) is 89.0 Å². The molecule has 0 fully saturated rings. The van der Waals surface area contributed by atoms with Crippen molar-refractivity contribution in [2.75, 3.05) is 5.32 Å². The predicted molar refractivity (Wildman–Crippen MR) is 98.4 cm³/mol. The minimum atomic E-state index is -0.220. The fourth-order valence-corrected chi connectivity index (χ4v) is 2.37. The first-order valence-electron chi connectivity index (χ1n) is 7.82. The van der Waals surface area contributed by atoms with Gasteiger partial charge in [-0.25, -0.2) is 0 Å². The Kier molecular flexibility index (Phi) is 5.59. The van der Waals surface area contributed by atoms with Crippen molar-refractivity contribution in [2.45, 2.75) is 13.1 Å². The molecule has 0 aliphatic carbocycles. The van der Waals surface area contributed by atoms with Crippen LogP contribution in [0.15, 0.2) is 67.1 Å². The van der Waals surface area contributed by atoms with E-state index in [9.17, 15) is 4.79 Å². The molecule has 2 aromatic heterocycles. The van der Waals surface area contributed by atoms with Crippen molar-refractivity contribution in [1.29, 1.82) is 0 Å². The van der Waals surface area contributed by atoms with Gasteiger partial charge in [0, 0.05) is 42.4 Å². The topological polar surface area (TPSA) is 66.9 Å². The van der Waals surface area contributed by atoms with Gasteiger partial charge in [-0.2, -0.15) is 0 Å². The normalized spacial score (nSPS) is 10.3. The van der Waals surface area contributed by atoms with Crippen molar-refractivity contribution < 1.29 is 4.79 Å². The van der Waals surface area contributed by atoms with Crippen LogP contribution in [0.3, 0.4) is 0 Å². The molecule has 0 radical (unpaired) electrons. The van der Waals surface area contributed by atoms with Crippen molar-refractivity contribution in [1.82, 2.24) is 15.3 Å². The molecule has 0 aliphatic rings. The number of halogens is 1. The molecule has 1 amide bonds. The first-order valence-corrected chi connectivity index (χ1v) is 8.20. The molecule has 126 valence electrons. The van der Waals surface area contributed by atoms with Crippen molar-refractivity contribution in [2.24, 2.45) is 0 Å². The summed E-state index contributed by atoms with van der Waals surface area (Å²) < 4.78 is 0. The van der Waals surface area contributed by atoms with Gasteiger partial charge < -0.3 is 10.6 Å². The highest BCUT2D eigenvalue weighted by Crippen LogP contribution is 2.11. The van der Waals surface area contributed by atoms with Crippen LogP contribution in [0, 0.1) is 0 Å². The molecule has 0 aliphatic heterocycles. The Morgan fingerprint density at radius 3 is 2.40 bits per heavy atom. The number of hydrogen-bond donors (Lipinski definition) is 2. The molecule has 6 heteroatoms. The average Bonchev–Trinajstić information content (AvgIpc) is 2.67. The molecule has 0 saturated carbocycles. The zero-order valence-corrected chi connectivity index (χ0v) is 14.2. The van der Waals surface area contributed by atoms with Crippen molar-refractivity contribution >= 4 is 23.2 Å². The number of hydrogen-bond acceptors (Lipinski definition) is 4. The standard InChI is InChI=1S/C19H17ClN4O/c20-16-3-1-14(2-4-16)13-24-19(25)18-11-17(7-10-22-18)23-12-15-5-8-21-9-6-15/h1-11H,12-13H2,(H,22,23)(H,24,25). The van der Waals surface area contributed by atoms with Gasteiger partial charge in [0.2, 0.25) is 0 Å².